The molecule has 2 aromatic rings. The highest BCUT2D eigenvalue weighted by molar-refractivity contribution is 6.31. The Morgan fingerprint density at radius 2 is 1.83 bits per heavy atom. The molecule has 0 spiro atoms. The fraction of sp³-hybridized carbons (Fsp3) is 0.381. The topological polar surface area (TPSA) is 17.1 Å². The Hall–Kier alpha value is -1.60. The second-order valence-corrected chi connectivity index (χ2v) is 6.82. The molecule has 23 heavy (non-hydrogen) atoms. The highest BCUT2D eigenvalue weighted by atomic mass is 35.5. The Balaban J connectivity index is 2.40. The molecule has 0 aromatic heterocycles. The van der Waals surface area contributed by atoms with E-state index < -0.39 is 0 Å². The van der Waals surface area contributed by atoms with Crippen molar-refractivity contribution in [1.82, 2.24) is 0 Å². The molecule has 0 aliphatic heterocycles. The zero-order valence-electron chi connectivity index (χ0n) is 14.4. The van der Waals surface area contributed by atoms with Gasteiger partial charge in [0.05, 0.1) is 0 Å². The van der Waals surface area contributed by atoms with Gasteiger partial charge in [-0.3, -0.25) is 4.79 Å². The van der Waals surface area contributed by atoms with E-state index in [0.717, 1.165) is 28.1 Å². The van der Waals surface area contributed by atoms with Crippen LogP contribution in [0.3, 0.4) is 0 Å². The summed E-state index contributed by atoms with van der Waals surface area (Å²) in [5.74, 6) is 0.761. The molecule has 0 aliphatic rings. The quantitative estimate of drug-likeness (QED) is 0.591. The maximum Gasteiger partial charge on any atom is 0.160 e. The molecule has 0 N–H and O–H groups in total. The van der Waals surface area contributed by atoms with Crippen molar-refractivity contribution in [3.63, 3.8) is 0 Å². The van der Waals surface area contributed by atoms with Gasteiger partial charge in [-0.15, -0.1) is 0 Å². The molecule has 0 fully saturated rings. The van der Waals surface area contributed by atoms with Crippen LogP contribution in [0.15, 0.2) is 36.4 Å². The van der Waals surface area contributed by atoms with Crippen molar-refractivity contribution in [2.75, 3.05) is 0 Å². The zero-order chi connectivity index (χ0) is 17.0. The van der Waals surface area contributed by atoms with Crippen molar-refractivity contribution < 1.29 is 4.79 Å². The number of benzene rings is 2. The average Bonchev–Trinajstić information content (AvgIpc) is 2.54. The largest absolute Gasteiger partial charge is 0.295 e. The van der Waals surface area contributed by atoms with Crippen molar-refractivity contribution in [1.29, 1.82) is 0 Å². The van der Waals surface area contributed by atoms with E-state index in [-0.39, 0.29) is 5.78 Å². The summed E-state index contributed by atoms with van der Waals surface area (Å²) in [4.78, 5) is 11.8. The van der Waals surface area contributed by atoms with Gasteiger partial charge in [-0.25, -0.2) is 0 Å². The van der Waals surface area contributed by atoms with Crippen LogP contribution in [0, 0.1) is 12.8 Å². The summed E-state index contributed by atoms with van der Waals surface area (Å²) < 4.78 is 0. The standard InChI is InChI=1S/C21H25ClO/c1-5-14(2)12-17-10-11-21(22)20(15(17)3)13-18-8-6-7-9-19(18)16(4)23/h6-11,14H,5,12-13H2,1-4H3. The maximum absolute atomic E-state index is 11.8. The third-order valence-corrected chi connectivity index (χ3v) is 5.04. The molecule has 122 valence electrons. The summed E-state index contributed by atoms with van der Waals surface area (Å²) in [5, 5.41) is 0.786. The van der Waals surface area contributed by atoms with Crippen LogP contribution in [0.5, 0.6) is 0 Å². The van der Waals surface area contributed by atoms with Gasteiger partial charge in [0.25, 0.3) is 0 Å². The Morgan fingerprint density at radius 1 is 1.13 bits per heavy atom. The summed E-state index contributed by atoms with van der Waals surface area (Å²) in [5.41, 5.74) is 5.59. The molecule has 1 unspecified atom stereocenters. The number of halogens is 1. The van der Waals surface area contributed by atoms with Crippen molar-refractivity contribution in [2.24, 2.45) is 5.92 Å². The van der Waals surface area contributed by atoms with Crippen LogP contribution in [0.1, 0.15) is 59.8 Å². The molecular weight excluding hydrogens is 304 g/mol. The fourth-order valence-electron chi connectivity index (χ4n) is 2.94. The molecule has 0 bridgehead atoms. The Morgan fingerprint density at radius 3 is 2.48 bits per heavy atom. The van der Waals surface area contributed by atoms with Crippen molar-refractivity contribution >= 4 is 17.4 Å². The first-order chi connectivity index (χ1) is 10.9. The fourth-order valence-corrected chi connectivity index (χ4v) is 3.21. The van der Waals surface area contributed by atoms with Gasteiger partial charge < -0.3 is 0 Å². The first-order valence-corrected chi connectivity index (χ1v) is 8.67. The zero-order valence-corrected chi connectivity index (χ0v) is 15.2. The minimum Gasteiger partial charge on any atom is -0.295 e. The number of ketones is 1. The first kappa shape index (κ1) is 17.7. The lowest BCUT2D eigenvalue weighted by atomic mass is 9.89. The van der Waals surface area contributed by atoms with Crippen LogP contribution in [-0.4, -0.2) is 5.78 Å². The summed E-state index contributed by atoms with van der Waals surface area (Å²) >= 11 is 6.47. The highest BCUT2D eigenvalue weighted by Crippen LogP contribution is 2.28. The van der Waals surface area contributed by atoms with Gasteiger partial charge in [0.2, 0.25) is 0 Å². The van der Waals surface area contributed by atoms with E-state index >= 15 is 0 Å². The van der Waals surface area contributed by atoms with Crippen LogP contribution in [0.2, 0.25) is 5.02 Å². The first-order valence-electron chi connectivity index (χ1n) is 8.29. The molecule has 0 aliphatic carbocycles. The van der Waals surface area contributed by atoms with Crippen LogP contribution >= 0.6 is 11.6 Å². The summed E-state index contributed by atoms with van der Waals surface area (Å²) in [7, 11) is 0. The third kappa shape index (κ3) is 4.23. The van der Waals surface area contributed by atoms with Gasteiger partial charge >= 0.3 is 0 Å². The van der Waals surface area contributed by atoms with E-state index in [1.165, 1.54) is 17.5 Å². The second-order valence-electron chi connectivity index (χ2n) is 6.42. The van der Waals surface area contributed by atoms with Crippen LogP contribution in [0.4, 0.5) is 0 Å². The van der Waals surface area contributed by atoms with E-state index in [1.807, 2.05) is 30.3 Å². The lowest BCUT2D eigenvalue weighted by molar-refractivity contribution is 0.101. The van der Waals surface area contributed by atoms with Crippen LogP contribution in [-0.2, 0) is 12.8 Å². The van der Waals surface area contributed by atoms with E-state index in [2.05, 4.69) is 26.8 Å². The summed E-state index contributed by atoms with van der Waals surface area (Å²) in [6, 6.07) is 11.9. The molecule has 0 heterocycles. The number of hydrogen-bond acceptors (Lipinski definition) is 1. The van der Waals surface area contributed by atoms with Crippen molar-refractivity contribution in [2.45, 2.75) is 47.0 Å². The van der Waals surface area contributed by atoms with E-state index in [9.17, 15) is 4.79 Å². The van der Waals surface area contributed by atoms with Crippen molar-refractivity contribution in [3.8, 4) is 0 Å². The number of hydrogen-bond donors (Lipinski definition) is 0. The predicted octanol–water partition coefficient (Wildman–Crippen LogP) is 6.03. The third-order valence-electron chi connectivity index (χ3n) is 4.68. The second kappa shape index (κ2) is 7.79. The molecule has 1 nitrogen and oxygen atoms in total. The van der Waals surface area contributed by atoms with Gasteiger partial charge in [0, 0.05) is 10.6 Å². The van der Waals surface area contributed by atoms with Crippen LogP contribution < -0.4 is 0 Å². The van der Waals surface area contributed by atoms with Crippen molar-refractivity contribution in [3.05, 3.63) is 69.2 Å². The molecular formula is C21H25ClO. The SMILES string of the molecule is CCC(C)Cc1ccc(Cl)c(Cc2ccccc2C(C)=O)c1C. The maximum atomic E-state index is 11.8. The Kier molecular flexibility index (Phi) is 6.01. The monoisotopic (exact) mass is 328 g/mol. The molecule has 0 amide bonds. The van der Waals surface area contributed by atoms with E-state index in [0.29, 0.717) is 12.3 Å². The van der Waals surface area contributed by atoms with E-state index in [1.54, 1.807) is 6.92 Å². The van der Waals surface area contributed by atoms with E-state index in [4.69, 9.17) is 11.6 Å². The van der Waals surface area contributed by atoms with Gasteiger partial charge in [-0.05, 0) is 60.9 Å². The predicted molar refractivity (Wildman–Crippen MR) is 98.6 cm³/mol. The Labute approximate surface area is 144 Å². The number of Topliss-reactive ketones (excluding diaryl/α,β-unsaturated/α-hetero) is 1. The molecule has 0 saturated heterocycles. The molecule has 0 saturated carbocycles. The molecule has 0 radical (unpaired) electrons. The smallest absolute Gasteiger partial charge is 0.160 e. The van der Waals surface area contributed by atoms with Crippen LogP contribution in [0.25, 0.3) is 0 Å². The van der Waals surface area contributed by atoms with Gasteiger partial charge in [0.1, 0.15) is 0 Å². The Bertz CT molecular complexity index is 703. The number of carbonyl (C=O) groups excluding carboxylic acids is 1. The number of rotatable bonds is 6. The van der Waals surface area contributed by atoms with Gasteiger partial charge in [0.15, 0.2) is 5.78 Å². The normalized spacial score (nSPS) is 12.2. The highest BCUT2D eigenvalue weighted by Gasteiger charge is 2.14. The number of carbonyl (C=O) groups is 1. The van der Waals surface area contributed by atoms with Gasteiger partial charge in [-0.1, -0.05) is 62.2 Å². The molecule has 2 aromatic carbocycles. The molecule has 2 rings (SSSR count). The molecule has 2 heteroatoms. The minimum absolute atomic E-state index is 0.102. The minimum atomic E-state index is 0.102. The van der Waals surface area contributed by atoms with Gasteiger partial charge in [-0.2, -0.15) is 0 Å². The average molecular weight is 329 g/mol. The molecule has 1 atom stereocenters. The summed E-state index contributed by atoms with van der Waals surface area (Å²) in [6.07, 6.45) is 2.94. The lowest BCUT2D eigenvalue weighted by Crippen LogP contribution is -2.05. The summed E-state index contributed by atoms with van der Waals surface area (Å²) in [6.45, 7) is 8.26. The lowest BCUT2D eigenvalue weighted by Gasteiger charge is -2.17.